The van der Waals surface area contributed by atoms with E-state index in [1.54, 1.807) is 0 Å². The molecular weight excluding hydrogens is 185 g/mol. The summed E-state index contributed by atoms with van der Waals surface area (Å²) < 4.78 is 41.6. The van der Waals surface area contributed by atoms with E-state index in [1.807, 2.05) is 5.10 Å². The Morgan fingerprint density at radius 2 is 2.31 bits per heavy atom. The lowest BCUT2D eigenvalue weighted by Gasteiger charge is -2.05. The van der Waals surface area contributed by atoms with Gasteiger partial charge in [0.25, 0.3) is 0 Å². The van der Waals surface area contributed by atoms with Crippen molar-refractivity contribution < 1.29 is 17.9 Å². The lowest BCUT2D eigenvalue weighted by atomic mass is 10.1. The molecule has 1 aromatic rings. The van der Waals surface area contributed by atoms with Gasteiger partial charge in [0.15, 0.2) is 0 Å². The van der Waals surface area contributed by atoms with Crippen molar-refractivity contribution >= 4 is 0 Å². The van der Waals surface area contributed by atoms with Gasteiger partial charge in [0, 0.05) is 12.0 Å². The number of nitrogens with zero attached hydrogens (tertiary/aromatic N) is 1. The Balaban J connectivity index is 2.19. The molecule has 0 aromatic carbocycles. The average Bonchev–Trinajstić information content (AvgIpc) is 2.63. The number of hydrogen-bond donors (Lipinski definition) is 1. The van der Waals surface area contributed by atoms with Crippen LogP contribution in [0.5, 0.6) is 0 Å². The van der Waals surface area contributed by atoms with E-state index in [0.717, 1.165) is 0 Å². The van der Waals surface area contributed by atoms with Crippen LogP contribution >= 0.6 is 0 Å². The SMILES string of the molecule is FC(F)(F)c1[nH]ncc1CC1CO1. The van der Waals surface area contributed by atoms with Gasteiger partial charge in [0.2, 0.25) is 0 Å². The number of epoxide rings is 1. The van der Waals surface area contributed by atoms with E-state index in [0.29, 0.717) is 6.61 Å². The van der Waals surface area contributed by atoms with Crippen molar-refractivity contribution in [3.63, 3.8) is 0 Å². The van der Waals surface area contributed by atoms with Crippen molar-refractivity contribution in [3.8, 4) is 0 Å². The van der Waals surface area contributed by atoms with Gasteiger partial charge in [-0.25, -0.2) is 0 Å². The molecule has 1 aliphatic rings. The zero-order valence-corrected chi connectivity index (χ0v) is 6.56. The smallest absolute Gasteiger partial charge is 0.373 e. The third-order valence-corrected chi connectivity index (χ3v) is 1.85. The number of H-pyrrole nitrogens is 1. The first-order valence-corrected chi connectivity index (χ1v) is 3.78. The summed E-state index contributed by atoms with van der Waals surface area (Å²) in [6.45, 7) is 0.544. The largest absolute Gasteiger partial charge is 0.433 e. The second-order valence-electron chi connectivity index (χ2n) is 2.93. The van der Waals surface area contributed by atoms with Crippen molar-refractivity contribution in [1.82, 2.24) is 10.2 Å². The van der Waals surface area contributed by atoms with Crippen molar-refractivity contribution in [2.45, 2.75) is 18.7 Å². The molecule has 72 valence electrons. The van der Waals surface area contributed by atoms with Crippen molar-refractivity contribution in [2.75, 3.05) is 6.61 Å². The average molecular weight is 192 g/mol. The molecule has 1 atom stereocenters. The molecule has 6 heteroatoms. The Morgan fingerprint density at radius 3 is 2.85 bits per heavy atom. The van der Waals surface area contributed by atoms with E-state index in [1.165, 1.54) is 6.20 Å². The molecule has 0 spiro atoms. The number of aromatic nitrogens is 2. The maximum Gasteiger partial charge on any atom is 0.433 e. The second kappa shape index (κ2) is 2.73. The molecule has 13 heavy (non-hydrogen) atoms. The lowest BCUT2D eigenvalue weighted by molar-refractivity contribution is -0.141. The highest BCUT2D eigenvalue weighted by Gasteiger charge is 2.37. The van der Waals surface area contributed by atoms with Crippen LogP contribution in [0.2, 0.25) is 0 Å². The minimum Gasteiger partial charge on any atom is -0.373 e. The molecule has 2 rings (SSSR count). The zero-order chi connectivity index (χ0) is 9.47. The van der Waals surface area contributed by atoms with Gasteiger partial charge in [-0.1, -0.05) is 0 Å². The fraction of sp³-hybridized carbons (Fsp3) is 0.571. The van der Waals surface area contributed by atoms with Crippen LogP contribution in [0, 0.1) is 0 Å². The predicted molar refractivity (Wildman–Crippen MR) is 37.0 cm³/mol. The first-order valence-electron chi connectivity index (χ1n) is 3.78. The summed E-state index contributed by atoms with van der Waals surface area (Å²) in [6, 6.07) is 0. The minimum absolute atomic E-state index is 0.0568. The van der Waals surface area contributed by atoms with Gasteiger partial charge in [0.1, 0.15) is 5.69 Å². The quantitative estimate of drug-likeness (QED) is 0.719. The highest BCUT2D eigenvalue weighted by Crippen LogP contribution is 2.31. The molecule has 1 aromatic heterocycles. The molecule has 0 saturated carbocycles. The summed E-state index contributed by atoms with van der Waals surface area (Å²) in [6.07, 6.45) is -2.92. The predicted octanol–water partition coefficient (Wildman–Crippen LogP) is 1.37. The Labute approximate surface area is 71.9 Å². The van der Waals surface area contributed by atoms with Gasteiger partial charge in [-0.2, -0.15) is 18.3 Å². The number of halogens is 3. The van der Waals surface area contributed by atoms with Crippen LogP contribution in [-0.2, 0) is 17.3 Å². The van der Waals surface area contributed by atoms with E-state index in [2.05, 4.69) is 5.10 Å². The van der Waals surface area contributed by atoms with E-state index in [9.17, 15) is 13.2 Å². The van der Waals surface area contributed by atoms with Crippen LogP contribution in [-0.4, -0.2) is 22.9 Å². The molecule has 0 bridgehead atoms. The number of hydrogen-bond acceptors (Lipinski definition) is 2. The Hall–Kier alpha value is -1.04. The topological polar surface area (TPSA) is 41.2 Å². The van der Waals surface area contributed by atoms with Gasteiger partial charge in [-0.05, 0) is 0 Å². The zero-order valence-electron chi connectivity index (χ0n) is 6.56. The number of nitrogens with one attached hydrogen (secondary N) is 1. The highest BCUT2D eigenvalue weighted by atomic mass is 19.4. The van der Waals surface area contributed by atoms with Crippen LogP contribution < -0.4 is 0 Å². The van der Waals surface area contributed by atoms with Crippen LogP contribution in [0.15, 0.2) is 6.20 Å². The molecule has 0 amide bonds. The van der Waals surface area contributed by atoms with Crippen LogP contribution in [0.4, 0.5) is 13.2 Å². The van der Waals surface area contributed by atoms with Crippen LogP contribution in [0.3, 0.4) is 0 Å². The van der Waals surface area contributed by atoms with Crippen LogP contribution in [0.25, 0.3) is 0 Å². The normalized spacial score (nSPS) is 21.9. The molecule has 0 aliphatic carbocycles. The van der Waals surface area contributed by atoms with Gasteiger partial charge >= 0.3 is 6.18 Å². The Morgan fingerprint density at radius 1 is 1.62 bits per heavy atom. The van der Waals surface area contributed by atoms with Gasteiger partial charge in [0.05, 0.1) is 18.9 Å². The molecule has 1 saturated heterocycles. The lowest BCUT2D eigenvalue weighted by Crippen LogP contribution is -2.10. The van der Waals surface area contributed by atoms with E-state index >= 15 is 0 Å². The van der Waals surface area contributed by atoms with Gasteiger partial charge < -0.3 is 4.74 Å². The third kappa shape index (κ3) is 1.82. The molecule has 1 fully saturated rings. The summed E-state index contributed by atoms with van der Waals surface area (Å²) >= 11 is 0. The first-order chi connectivity index (χ1) is 6.07. The van der Waals surface area contributed by atoms with E-state index in [-0.39, 0.29) is 18.1 Å². The summed E-state index contributed by atoms with van der Waals surface area (Å²) in [4.78, 5) is 0. The molecule has 2 heterocycles. The van der Waals surface area contributed by atoms with Crippen molar-refractivity contribution in [2.24, 2.45) is 0 Å². The summed E-state index contributed by atoms with van der Waals surface area (Å²) in [5.74, 6) is 0. The molecule has 0 radical (unpaired) electrons. The summed E-state index contributed by atoms with van der Waals surface area (Å²) in [5.41, 5.74) is -0.585. The summed E-state index contributed by atoms with van der Waals surface area (Å²) in [5, 5.41) is 5.32. The third-order valence-electron chi connectivity index (χ3n) is 1.85. The second-order valence-corrected chi connectivity index (χ2v) is 2.93. The fourth-order valence-electron chi connectivity index (χ4n) is 1.14. The number of rotatable bonds is 2. The van der Waals surface area contributed by atoms with Crippen molar-refractivity contribution in [1.29, 1.82) is 0 Å². The number of alkyl halides is 3. The maximum absolute atomic E-state index is 12.2. The standard InChI is InChI=1S/C7H7F3N2O/c8-7(9,10)6-4(2-11-12-6)1-5-3-13-5/h2,5H,1,3H2,(H,11,12). The molecular formula is C7H7F3N2O. The maximum atomic E-state index is 12.2. The number of aromatic amines is 1. The summed E-state index contributed by atoms with van der Waals surface area (Å²) in [7, 11) is 0. The molecule has 1 N–H and O–H groups in total. The molecule has 1 unspecified atom stereocenters. The molecule has 3 nitrogen and oxygen atoms in total. The Bertz CT molecular complexity index is 303. The monoisotopic (exact) mass is 192 g/mol. The van der Waals surface area contributed by atoms with E-state index < -0.39 is 11.9 Å². The van der Waals surface area contributed by atoms with Gasteiger partial charge in [-0.15, -0.1) is 0 Å². The molecule has 1 aliphatic heterocycles. The van der Waals surface area contributed by atoms with Crippen LogP contribution in [0.1, 0.15) is 11.3 Å². The number of ether oxygens (including phenoxy) is 1. The minimum atomic E-state index is -4.35. The highest BCUT2D eigenvalue weighted by molar-refractivity contribution is 5.20. The van der Waals surface area contributed by atoms with Crippen molar-refractivity contribution in [3.05, 3.63) is 17.5 Å². The Kier molecular flexibility index (Phi) is 1.80. The first kappa shape index (κ1) is 8.55. The van der Waals surface area contributed by atoms with Gasteiger partial charge in [-0.3, -0.25) is 5.10 Å². The fourth-order valence-corrected chi connectivity index (χ4v) is 1.14. The van der Waals surface area contributed by atoms with E-state index in [4.69, 9.17) is 4.74 Å².